The lowest BCUT2D eigenvalue weighted by molar-refractivity contribution is -0.120. The summed E-state index contributed by atoms with van der Waals surface area (Å²) in [7, 11) is -3.70. The number of carbonyl (C=O) groups excluding carboxylic acids is 1. The van der Waals surface area contributed by atoms with Gasteiger partial charge in [0.2, 0.25) is 11.0 Å². The van der Waals surface area contributed by atoms with Crippen molar-refractivity contribution >= 4 is 66.2 Å². The Hall–Kier alpha value is -2.31. The number of carbonyl (C=O) groups is 1. The smallest absolute Gasteiger partial charge is 0.252 e. The predicted molar refractivity (Wildman–Crippen MR) is 150 cm³/mol. The van der Waals surface area contributed by atoms with Gasteiger partial charge in [-0.15, -0.1) is 11.3 Å². The first-order valence-electron chi connectivity index (χ1n) is 12.0. The maximum Gasteiger partial charge on any atom is 0.252 e. The van der Waals surface area contributed by atoms with Gasteiger partial charge in [-0.3, -0.25) is 4.79 Å². The highest BCUT2D eigenvalue weighted by Crippen LogP contribution is 2.33. The summed E-state index contributed by atoms with van der Waals surface area (Å²) in [5, 5.41) is 8.22. The molecule has 37 heavy (non-hydrogen) atoms. The summed E-state index contributed by atoms with van der Waals surface area (Å²) in [5.74, 6) is -0.198. The number of hydrogen-bond acceptors (Lipinski definition) is 7. The van der Waals surface area contributed by atoms with Crippen LogP contribution < -0.4 is 5.32 Å². The van der Waals surface area contributed by atoms with Crippen LogP contribution in [-0.4, -0.2) is 46.5 Å². The number of nitrogens with zero attached hydrogens (tertiary/aromatic N) is 4. The molecule has 1 fully saturated rings. The Balaban J connectivity index is 1.37. The Morgan fingerprint density at radius 3 is 2.65 bits per heavy atom. The number of benzene rings is 1. The summed E-state index contributed by atoms with van der Waals surface area (Å²) < 4.78 is 30.8. The number of amides is 1. The van der Waals surface area contributed by atoms with Crippen LogP contribution in [0.4, 0.5) is 5.82 Å². The van der Waals surface area contributed by atoms with E-state index < -0.39 is 15.9 Å². The van der Waals surface area contributed by atoms with E-state index in [1.165, 1.54) is 27.3 Å². The molecule has 12 heteroatoms. The Bertz CT molecular complexity index is 1580. The molecule has 5 rings (SSSR count). The minimum absolute atomic E-state index is 0.0247. The van der Waals surface area contributed by atoms with Gasteiger partial charge >= 0.3 is 0 Å². The van der Waals surface area contributed by atoms with Crippen molar-refractivity contribution in [3.63, 3.8) is 0 Å². The standard InChI is InChI=1S/C25H28ClN5O3S3/c1-15-12-21(31(29-15)24-27-18-8-7-17(25(2,3)4)13-19(18)35-24)28-23(32)16-6-5-11-30(14-16)37(33,34)22-10-9-20(26)36-22/h7-10,12-13,16H,5-6,11,14H2,1-4H3,(H,28,32). The first-order valence-corrected chi connectivity index (χ1v) is 15.4. The van der Waals surface area contributed by atoms with Gasteiger partial charge in [0.05, 0.1) is 26.2 Å². The van der Waals surface area contributed by atoms with Crippen LogP contribution in [0.15, 0.2) is 40.6 Å². The van der Waals surface area contributed by atoms with Crippen molar-refractivity contribution in [1.82, 2.24) is 19.1 Å². The largest absolute Gasteiger partial charge is 0.310 e. The first-order chi connectivity index (χ1) is 17.4. The first kappa shape index (κ1) is 26.3. The second kappa shape index (κ2) is 9.77. The van der Waals surface area contributed by atoms with Crippen LogP contribution in [-0.2, 0) is 20.2 Å². The predicted octanol–water partition coefficient (Wildman–Crippen LogP) is 5.84. The molecule has 1 atom stereocenters. The summed E-state index contributed by atoms with van der Waals surface area (Å²) in [6.07, 6.45) is 1.20. The quantitative estimate of drug-likeness (QED) is 0.321. The number of aryl methyl sites for hydroxylation is 1. The van der Waals surface area contributed by atoms with E-state index in [1.807, 2.05) is 13.0 Å². The Morgan fingerprint density at radius 2 is 1.95 bits per heavy atom. The highest BCUT2D eigenvalue weighted by Gasteiger charge is 2.34. The number of fused-ring (bicyclic) bond motifs is 1. The van der Waals surface area contributed by atoms with E-state index in [2.05, 4.69) is 43.3 Å². The molecule has 1 aliphatic heterocycles. The molecule has 1 unspecified atom stereocenters. The summed E-state index contributed by atoms with van der Waals surface area (Å²) in [6, 6.07) is 11.1. The Labute approximate surface area is 229 Å². The molecule has 0 spiro atoms. The van der Waals surface area contributed by atoms with Gasteiger partial charge in [0, 0.05) is 19.2 Å². The van der Waals surface area contributed by atoms with Gasteiger partial charge in [0.15, 0.2) is 0 Å². The highest BCUT2D eigenvalue weighted by molar-refractivity contribution is 7.91. The molecule has 1 amide bonds. The van der Waals surface area contributed by atoms with Crippen LogP contribution in [0.25, 0.3) is 15.3 Å². The molecule has 1 aliphatic rings. The van der Waals surface area contributed by atoms with E-state index in [-0.39, 0.29) is 22.1 Å². The van der Waals surface area contributed by atoms with Crippen molar-refractivity contribution < 1.29 is 13.2 Å². The number of sulfonamides is 1. The molecule has 3 aromatic heterocycles. The molecule has 0 bridgehead atoms. The van der Waals surface area contributed by atoms with Gasteiger partial charge in [-0.1, -0.05) is 49.8 Å². The van der Waals surface area contributed by atoms with Gasteiger partial charge < -0.3 is 5.32 Å². The van der Waals surface area contributed by atoms with Gasteiger partial charge in [-0.25, -0.2) is 13.4 Å². The number of piperidine rings is 1. The third-order valence-corrected chi connectivity index (χ3v) is 11.0. The van der Waals surface area contributed by atoms with Gasteiger partial charge in [-0.05, 0) is 55.0 Å². The summed E-state index contributed by atoms with van der Waals surface area (Å²) in [6.45, 7) is 8.88. The van der Waals surface area contributed by atoms with E-state index in [0.717, 1.165) is 27.2 Å². The SMILES string of the molecule is Cc1cc(NC(=O)C2CCCN(S(=O)(=O)c3ccc(Cl)s3)C2)n(-c2nc3ccc(C(C)(C)C)cc3s2)n1. The number of nitrogens with one attached hydrogen (secondary N) is 1. The van der Waals surface area contributed by atoms with Crippen LogP contribution in [0.2, 0.25) is 4.34 Å². The van der Waals surface area contributed by atoms with Gasteiger partial charge in [0.1, 0.15) is 10.0 Å². The number of thiophene rings is 1. The van der Waals surface area contributed by atoms with E-state index in [1.54, 1.807) is 16.8 Å². The van der Waals surface area contributed by atoms with Crippen molar-refractivity contribution in [2.75, 3.05) is 18.4 Å². The van der Waals surface area contributed by atoms with Crippen LogP contribution in [0.1, 0.15) is 44.9 Å². The fourth-order valence-corrected chi connectivity index (χ4v) is 8.50. The summed E-state index contributed by atoms with van der Waals surface area (Å²) >= 11 is 8.49. The topological polar surface area (TPSA) is 97.2 Å². The molecule has 1 N–H and O–H groups in total. The van der Waals surface area contributed by atoms with Gasteiger partial charge in [0.25, 0.3) is 10.0 Å². The zero-order valence-corrected chi connectivity index (χ0v) is 24.2. The van der Waals surface area contributed by atoms with Gasteiger partial charge in [-0.2, -0.15) is 14.1 Å². The summed E-state index contributed by atoms with van der Waals surface area (Å²) in [5.41, 5.74) is 2.87. The van der Waals surface area contributed by atoms with E-state index >= 15 is 0 Å². The zero-order valence-electron chi connectivity index (χ0n) is 21.0. The molecule has 1 saturated heterocycles. The van der Waals surface area contributed by atoms with Crippen molar-refractivity contribution in [3.05, 3.63) is 52.0 Å². The molecule has 0 aliphatic carbocycles. The fraction of sp³-hybridized carbons (Fsp3) is 0.400. The van der Waals surface area contributed by atoms with Crippen molar-refractivity contribution in [1.29, 1.82) is 0 Å². The third kappa shape index (κ3) is 5.33. The van der Waals surface area contributed by atoms with Crippen LogP contribution >= 0.6 is 34.3 Å². The molecule has 1 aromatic carbocycles. The molecule has 196 valence electrons. The number of anilines is 1. The number of thiazole rings is 1. The van der Waals surface area contributed by atoms with Crippen LogP contribution in [0.3, 0.4) is 0 Å². The number of rotatable bonds is 5. The monoisotopic (exact) mass is 577 g/mol. The number of halogens is 1. The molecular weight excluding hydrogens is 550 g/mol. The summed E-state index contributed by atoms with van der Waals surface area (Å²) in [4.78, 5) is 18.0. The Morgan fingerprint density at radius 1 is 1.16 bits per heavy atom. The lowest BCUT2D eigenvalue weighted by atomic mass is 9.87. The average molecular weight is 578 g/mol. The van der Waals surface area contributed by atoms with Crippen LogP contribution in [0, 0.1) is 12.8 Å². The highest BCUT2D eigenvalue weighted by atomic mass is 35.5. The maximum absolute atomic E-state index is 13.3. The van der Waals surface area contributed by atoms with Crippen LogP contribution in [0.5, 0.6) is 0 Å². The second-order valence-electron chi connectivity index (χ2n) is 10.3. The zero-order chi connectivity index (χ0) is 26.5. The Kier molecular flexibility index (Phi) is 6.95. The number of aromatic nitrogens is 3. The van der Waals surface area contributed by atoms with Crippen molar-refractivity contribution in [2.24, 2.45) is 5.92 Å². The van der Waals surface area contributed by atoms with E-state index in [9.17, 15) is 13.2 Å². The third-order valence-electron chi connectivity index (χ3n) is 6.40. The molecular formula is C25H28ClN5O3S3. The second-order valence-corrected chi connectivity index (χ2v) is 15.2. The molecule has 8 nitrogen and oxygen atoms in total. The van der Waals surface area contributed by atoms with E-state index in [0.29, 0.717) is 34.7 Å². The normalized spacial score (nSPS) is 17.4. The fourth-order valence-electron chi connectivity index (χ4n) is 4.37. The molecule has 0 saturated carbocycles. The number of hydrogen-bond donors (Lipinski definition) is 1. The van der Waals surface area contributed by atoms with E-state index in [4.69, 9.17) is 16.6 Å². The molecule has 4 aromatic rings. The molecule has 0 radical (unpaired) electrons. The molecule has 4 heterocycles. The average Bonchev–Trinajstić information content (AvgIpc) is 3.56. The lowest BCUT2D eigenvalue weighted by Crippen LogP contribution is -2.43. The minimum atomic E-state index is -3.70. The lowest BCUT2D eigenvalue weighted by Gasteiger charge is -2.30. The maximum atomic E-state index is 13.3. The minimum Gasteiger partial charge on any atom is -0.310 e. The van der Waals surface area contributed by atoms with Crippen molar-refractivity contribution in [3.8, 4) is 5.13 Å². The van der Waals surface area contributed by atoms with Crippen molar-refractivity contribution in [2.45, 2.75) is 50.2 Å².